The highest BCUT2D eigenvalue weighted by Crippen LogP contribution is 2.20. The largest absolute Gasteiger partial charge is 0.337 e. The molecule has 2 aromatic rings. The second-order valence-corrected chi connectivity index (χ2v) is 6.15. The molecule has 2 amide bonds. The first-order valence-corrected chi connectivity index (χ1v) is 8.26. The Morgan fingerprint density at radius 1 is 1.29 bits per heavy atom. The molecule has 1 aliphatic rings. The van der Waals surface area contributed by atoms with Gasteiger partial charge in [-0.25, -0.2) is 0 Å². The molecule has 1 aliphatic heterocycles. The van der Waals surface area contributed by atoms with Crippen molar-refractivity contribution in [1.29, 1.82) is 0 Å². The quantitative estimate of drug-likeness (QED) is 0.857. The number of likely N-dealkylation sites (tertiary alicyclic amines) is 1. The van der Waals surface area contributed by atoms with Crippen LogP contribution in [0.2, 0.25) is 0 Å². The highest BCUT2D eigenvalue weighted by Gasteiger charge is 2.30. The standard InChI is InChI=1S/C18H22N4O2/c1-14-6-2-3-8-16(14)20-17(23)12-18(24)22-11-4-7-15(22)13-21-10-5-9-19-21/h2-3,5-6,8-10,15H,4,7,11-13H2,1H3,(H,20,23)/t15-/m1/s1. The van der Waals surface area contributed by atoms with E-state index in [1.54, 1.807) is 6.20 Å². The van der Waals surface area contributed by atoms with Crippen LogP contribution in [-0.2, 0) is 16.1 Å². The molecule has 6 nitrogen and oxygen atoms in total. The zero-order valence-electron chi connectivity index (χ0n) is 13.8. The van der Waals surface area contributed by atoms with Crippen molar-refractivity contribution >= 4 is 17.5 Å². The van der Waals surface area contributed by atoms with Crippen molar-refractivity contribution in [2.45, 2.75) is 38.8 Å². The molecule has 0 aliphatic carbocycles. The molecule has 1 atom stereocenters. The van der Waals surface area contributed by atoms with Crippen molar-refractivity contribution < 1.29 is 9.59 Å². The number of rotatable bonds is 5. The van der Waals surface area contributed by atoms with E-state index in [0.717, 1.165) is 24.1 Å². The Morgan fingerprint density at radius 3 is 2.88 bits per heavy atom. The van der Waals surface area contributed by atoms with E-state index >= 15 is 0 Å². The molecule has 126 valence electrons. The van der Waals surface area contributed by atoms with Crippen LogP contribution in [0.5, 0.6) is 0 Å². The summed E-state index contributed by atoms with van der Waals surface area (Å²) in [6.07, 6.45) is 5.43. The maximum atomic E-state index is 12.5. The summed E-state index contributed by atoms with van der Waals surface area (Å²) < 4.78 is 1.84. The molecule has 0 unspecified atom stereocenters. The Bertz CT molecular complexity index is 712. The molecule has 1 N–H and O–H groups in total. The number of carbonyl (C=O) groups excluding carboxylic acids is 2. The smallest absolute Gasteiger partial charge is 0.233 e. The maximum absolute atomic E-state index is 12.5. The fourth-order valence-corrected chi connectivity index (χ4v) is 3.12. The molecule has 1 aromatic heterocycles. The summed E-state index contributed by atoms with van der Waals surface area (Å²) >= 11 is 0. The summed E-state index contributed by atoms with van der Waals surface area (Å²) in [5.41, 5.74) is 1.74. The average Bonchev–Trinajstić information content (AvgIpc) is 3.22. The third-order valence-corrected chi connectivity index (χ3v) is 4.39. The number of anilines is 1. The van der Waals surface area contributed by atoms with Crippen molar-refractivity contribution in [3.05, 3.63) is 48.3 Å². The highest BCUT2D eigenvalue weighted by atomic mass is 16.2. The third kappa shape index (κ3) is 3.82. The zero-order valence-corrected chi connectivity index (χ0v) is 13.8. The summed E-state index contributed by atoms with van der Waals surface area (Å²) in [7, 11) is 0. The molecule has 0 spiro atoms. The van der Waals surface area contributed by atoms with E-state index in [2.05, 4.69) is 10.4 Å². The molecule has 24 heavy (non-hydrogen) atoms. The summed E-state index contributed by atoms with van der Waals surface area (Å²) in [5, 5.41) is 7.02. The van der Waals surface area contributed by atoms with Crippen molar-refractivity contribution in [3.63, 3.8) is 0 Å². The highest BCUT2D eigenvalue weighted by molar-refractivity contribution is 6.04. The van der Waals surface area contributed by atoms with Crippen LogP contribution < -0.4 is 5.32 Å². The molecule has 0 saturated carbocycles. The Balaban J connectivity index is 1.57. The van der Waals surface area contributed by atoms with E-state index < -0.39 is 0 Å². The van der Waals surface area contributed by atoms with E-state index in [0.29, 0.717) is 13.1 Å². The molecule has 1 saturated heterocycles. The van der Waals surface area contributed by atoms with Crippen LogP contribution in [0, 0.1) is 6.92 Å². The van der Waals surface area contributed by atoms with Gasteiger partial charge in [-0.3, -0.25) is 14.3 Å². The van der Waals surface area contributed by atoms with Gasteiger partial charge >= 0.3 is 0 Å². The summed E-state index contributed by atoms with van der Waals surface area (Å²) in [6.45, 7) is 3.32. The third-order valence-electron chi connectivity index (χ3n) is 4.39. The van der Waals surface area contributed by atoms with Gasteiger partial charge in [0, 0.05) is 24.6 Å². The lowest BCUT2D eigenvalue weighted by molar-refractivity contribution is -0.135. The summed E-state index contributed by atoms with van der Waals surface area (Å²) in [5.74, 6) is -0.380. The van der Waals surface area contributed by atoms with Crippen LogP contribution in [0.1, 0.15) is 24.8 Å². The number of benzene rings is 1. The number of carbonyl (C=O) groups is 2. The predicted octanol–water partition coefficient (Wildman–Crippen LogP) is 2.21. The second-order valence-electron chi connectivity index (χ2n) is 6.15. The molecule has 0 radical (unpaired) electrons. The van der Waals surface area contributed by atoms with E-state index in [9.17, 15) is 9.59 Å². The molecule has 1 fully saturated rings. The summed E-state index contributed by atoms with van der Waals surface area (Å²) in [6, 6.07) is 9.54. The second kappa shape index (κ2) is 7.29. The molecule has 0 bridgehead atoms. The first-order valence-electron chi connectivity index (χ1n) is 8.26. The number of nitrogens with zero attached hydrogens (tertiary/aromatic N) is 3. The van der Waals surface area contributed by atoms with Crippen LogP contribution in [-0.4, -0.2) is 39.1 Å². The van der Waals surface area contributed by atoms with E-state index in [1.165, 1.54) is 0 Å². The topological polar surface area (TPSA) is 67.2 Å². The van der Waals surface area contributed by atoms with E-state index in [1.807, 2.05) is 53.0 Å². The SMILES string of the molecule is Cc1ccccc1NC(=O)CC(=O)N1CCC[C@@H]1Cn1cccn1. The molecular formula is C18H22N4O2. The van der Waals surface area contributed by atoms with Gasteiger partial charge in [0.1, 0.15) is 6.42 Å². The number of aryl methyl sites for hydroxylation is 1. The van der Waals surface area contributed by atoms with Crippen molar-refractivity contribution in [2.24, 2.45) is 0 Å². The number of amides is 2. The Labute approximate surface area is 141 Å². The van der Waals surface area contributed by atoms with Gasteiger partial charge in [0.2, 0.25) is 11.8 Å². The van der Waals surface area contributed by atoms with Gasteiger partial charge in [-0.1, -0.05) is 18.2 Å². The van der Waals surface area contributed by atoms with Gasteiger partial charge in [-0.2, -0.15) is 5.10 Å². The van der Waals surface area contributed by atoms with Gasteiger partial charge in [0.05, 0.1) is 12.6 Å². The van der Waals surface area contributed by atoms with Crippen molar-refractivity contribution in [1.82, 2.24) is 14.7 Å². The molecule has 6 heteroatoms. The fraction of sp³-hybridized carbons (Fsp3) is 0.389. The summed E-state index contributed by atoms with van der Waals surface area (Å²) in [4.78, 5) is 26.5. The van der Waals surface area contributed by atoms with Gasteiger partial charge in [-0.15, -0.1) is 0 Å². The zero-order chi connectivity index (χ0) is 16.9. The molecular weight excluding hydrogens is 304 g/mol. The number of para-hydroxylation sites is 1. The number of nitrogens with one attached hydrogen (secondary N) is 1. The number of hydrogen-bond donors (Lipinski definition) is 1. The molecule has 2 heterocycles. The van der Waals surface area contributed by atoms with E-state index in [4.69, 9.17) is 0 Å². The minimum Gasteiger partial charge on any atom is -0.337 e. The Hall–Kier alpha value is -2.63. The van der Waals surface area contributed by atoms with Crippen molar-refractivity contribution in [3.8, 4) is 0 Å². The maximum Gasteiger partial charge on any atom is 0.233 e. The van der Waals surface area contributed by atoms with E-state index in [-0.39, 0.29) is 24.3 Å². The van der Waals surface area contributed by atoms with Gasteiger partial charge in [0.25, 0.3) is 0 Å². The van der Waals surface area contributed by atoms with Crippen LogP contribution in [0.25, 0.3) is 0 Å². The normalized spacial score (nSPS) is 17.0. The van der Waals surface area contributed by atoms with Gasteiger partial charge in [-0.05, 0) is 37.5 Å². The first-order chi connectivity index (χ1) is 11.6. The van der Waals surface area contributed by atoms with Crippen LogP contribution in [0.4, 0.5) is 5.69 Å². The van der Waals surface area contributed by atoms with Crippen LogP contribution in [0.3, 0.4) is 0 Å². The predicted molar refractivity (Wildman–Crippen MR) is 91.4 cm³/mol. The lowest BCUT2D eigenvalue weighted by Crippen LogP contribution is -2.39. The molecule has 3 rings (SSSR count). The van der Waals surface area contributed by atoms with Crippen molar-refractivity contribution in [2.75, 3.05) is 11.9 Å². The monoisotopic (exact) mass is 326 g/mol. The first kappa shape index (κ1) is 16.2. The van der Waals surface area contributed by atoms with Gasteiger partial charge in [0.15, 0.2) is 0 Å². The lowest BCUT2D eigenvalue weighted by Gasteiger charge is -2.24. The fourth-order valence-electron chi connectivity index (χ4n) is 3.12. The number of aromatic nitrogens is 2. The average molecular weight is 326 g/mol. The van der Waals surface area contributed by atoms with Crippen LogP contribution >= 0.6 is 0 Å². The Morgan fingerprint density at radius 2 is 2.12 bits per heavy atom. The molecule has 1 aromatic carbocycles. The Kier molecular flexibility index (Phi) is 4.93. The van der Waals surface area contributed by atoms with Crippen LogP contribution in [0.15, 0.2) is 42.7 Å². The minimum atomic E-state index is -0.265. The number of hydrogen-bond acceptors (Lipinski definition) is 3. The lowest BCUT2D eigenvalue weighted by atomic mass is 10.2. The minimum absolute atomic E-state index is 0.115. The van der Waals surface area contributed by atoms with Gasteiger partial charge < -0.3 is 10.2 Å².